The molecular formula is C28H16F3N5O3S2. The Morgan fingerprint density at radius 3 is 2.61 bits per heavy atom. The van der Waals surface area contributed by atoms with Crippen molar-refractivity contribution >= 4 is 43.9 Å². The van der Waals surface area contributed by atoms with E-state index in [1.165, 1.54) is 23.6 Å². The number of hydrogen-bond donors (Lipinski definition) is 2. The van der Waals surface area contributed by atoms with E-state index in [-0.39, 0.29) is 10.9 Å². The number of carbonyl (C=O) groups is 1. The molecule has 0 aliphatic carbocycles. The molecule has 0 aliphatic rings. The van der Waals surface area contributed by atoms with Gasteiger partial charge in [-0.2, -0.15) is 0 Å². The molecule has 2 aromatic carbocycles. The Kier molecular flexibility index (Phi) is 6.59. The molecule has 4 aromatic heterocycles. The molecule has 2 N–H and O–H groups in total. The molecule has 0 unspecified atom stereocenters. The molecule has 0 bridgehead atoms. The predicted octanol–water partition coefficient (Wildman–Crippen LogP) is 6.20. The van der Waals surface area contributed by atoms with Gasteiger partial charge in [0, 0.05) is 52.2 Å². The van der Waals surface area contributed by atoms with E-state index in [1.54, 1.807) is 30.7 Å². The number of nitrogens with one attached hydrogen (secondary N) is 2. The van der Waals surface area contributed by atoms with Crippen molar-refractivity contribution in [2.75, 3.05) is 4.72 Å². The summed E-state index contributed by atoms with van der Waals surface area (Å²) < 4.78 is 71.3. The van der Waals surface area contributed by atoms with Gasteiger partial charge in [0.2, 0.25) is 5.78 Å². The molecule has 8 nitrogen and oxygen atoms in total. The first-order valence-electron chi connectivity index (χ1n) is 11.9. The van der Waals surface area contributed by atoms with E-state index in [0.29, 0.717) is 16.9 Å². The van der Waals surface area contributed by atoms with E-state index < -0.39 is 49.4 Å². The molecular weight excluding hydrogens is 575 g/mol. The number of nitrogens with zero attached hydrogens (tertiary/aromatic N) is 3. The fourth-order valence-electron chi connectivity index (χ4n) is 4.17. The summed E-state index contributed by atoms with van der Waals surface area (Å²) in [6.45, 7) is 0. The lowest BCUT2D eigenvalue weighted by Gasteiger charge is -2.12. The van der Waals surface area contributed by atoms with E-state index >= 15 is 4.39 Å². The number of H-pyrrole nitrogens is 1. The van der Waals surface area contributed by atoms with Gasteiger partial charge in [-0.1, -0.05) is 6.07 Å². The van der Waals surface area contributed by atoms with Crippen molar-refractivity contribution in [1.29, 1.82) is 0 Å². The number of anilines is 1. The molecule has 0 amide bonds. The molecule has 0 fully saturated rings. The highest BCUT2D eigenvalue weighted by Gasteiger charge is 2.27. The summed E-state index contributed by atoms with van der Waals surface area (Å²) >= 11 is 1.39. The van der Waals surface area contributed by atoms with Gasteiger partial charge in [-0.15, -0.1) is 11.3 Å². The van der Waals surface area contributed by atoms with E-state index in [1.807, 2.05) is 16.2 Å². The van der Waals surface area contributed by atoms with Crippen LogP contribution in [-0.2, 0) is 10.0 Å². The highest BCUT2D eigenvalue weighted by molar-refractivity contribution is 7.92. The third kappa shape index (κ3) is 4.96. The number of benzene rings is 2. The number of hydrogen-bond acceptors (Lipinski definition) is 7. The van der Waals surface area contributed by atoms with E-state index in [9.17, 15) is 22.0 Å². The number of ketones is 1. The van der Waals surface area contributed by atoms with Crippen molar-refractivity contribution in [2.45, 2.75) is 4.90 Å². The standard InChI is InChI=1S/C28H16F3N5O3S2/c29-17-4-1-5-18(10-17)41(38,39)36-22-7-6-21(30)24(25(22)31)26(37)20-13-34-27-19(20)9-16(12-33-27)23-14-40-28(35-23)15-3-2-8-32-11-15/h1-14,36H,(H,33,34). The molecule has 13 heteroatoms. The zero-order valence-electron chi connectivity index (χ0n) is 20.6. The minimum Gasteiger partial charge on any atom is -0.345 e. The number of thiazole rings is 1. The van der Waals surface area contributed by atoms with Crippen molar-refractivity contribution in [3.05, 3.63) is 113 Å². The average molecular weight is 592 g/mol. The van der Waals surface area contributed by atoms with Crippen LogP contribution in [0.4, 0.5) is 18.9 Å². The molecule has 6 rings (SSSR count). The molecule has 204 valence electrons. The van der Waals surface area contributed by atoms with Gasteiger partial charge in [0.25, 0.3) is 10.0 Å². The highest BCUT2D eigenvalue weighted by atomic mass is 32.2. The summed E-state index contributed by atoms with van der Waals surface area (Å²) in [5.74, 6) is -4.47. The average Bonchev–Trinajstić information content (AvgIpc) is 3.63. The number of aromatic nitrogens is 4. The Hall–Kier alpha value is -4.88. The van der Waals surface area contributed by atoms with Gasteiger partial charge in [0.1, 0.15) is 22.3 Å². The second-order valence-electron chi connectivity index (χ2n) is 8.78. The van der Waals surface area contributed by atoms with Crippen LogP contribution in [-0.4, -0.2) is 34.1 Å². The topological polar surface area (TPSA) is 118 Å². The van der Waals surface area contributed by atoms with Crippen molar-refractivity contribution < 1.29 is 26.4 Å². The first kappa shape index (κ1) is 26.3. The third-order valence-electron chi connectivity index (χ3n) is 6.15. The summed E-state index contributed by atoms with van der Waals surface area (Å²) in [6.07, 6.45) is 6.16. The van der Waals surface area contributed by atoms with Crippen molar-refractivity contribution in [1.82, 2.24) is 19.9 Å². The fourth-order valence-corrected chi connectivity index (χ4v) is 6.08. The lowest BCUT2D eigenvalue weighted by atomic mass is 10.0. The predicted molar refractivity (Wildman–Crippen MR) is 147 cm³/mol. The smallest absolute Gasteiger partial charge is 0.262 e. The van der Waals surface area contributed by atoms with Gasteiger partial charge in [0.05, 0.1) is 21.8 Å². The zero-order valence-corrected chi connectivity index (χ0v) is 22.2. The van der Waals surface area contributed by atoms with Gasteiger partial charge < -0.3 is 4.98 Å². The Morgan fingerprint density at radius 1 is 0.976 bits per heavy atom. The van der Waals surface area contributed by atoms with Crippen LogP contribution in [0.3, 0.4) is 0 Å². The van der Waals surface area contributed by atoms with Crippen LogP contribution in [0.15, 0.2) is 89.7 Å². The quantitative estimate of drug-likeness (QED) is 0.214. The lowest BCUT2D eigenvalue weighted by Crippen LogP contribution is -2.16. The SMILES string of the molecule is O=C(c1c(F)ccc(NS(=O)(=O)c2cccc(F)c2)c1F)c1c[nH]c2ncc(-c3csc(-c4cccnc4)n3)cc12. The second-order valence-corrected chi connectivity index (χ2v) is 11.3. The van der Waals surface area contributed by atoms with Crippen molar-refractivity contribution in [3.8, 4) is 21.8 Å². The lowest BCUT2D eigenvalue weighted by molar-refractivity contribution is 0.103. The first-order valence-corrected chi connectivity index (χ1v) is 14.2. The number of rotatable bonds is 7. The van der Waals surface area contributed by atoms with Gasteiger partial charge in [0.15, 0.2) is 5.82 Å². The number of fused-ring (bicyclic) bond motifs is 1. The second kappa shape index (κ2) is 10.3. The zero-order chi connectivity index (χ0) is 28.7. The van der Waals surface area contributed by atoms with E-state index in [2.05, 4.69) is 19.9 Å². The first-order chi connectivity index (χ1) is 19.7. The van der Waals surface area contributed by atoms with E-state index in [0.717, 1.165) is 40.9 Å². The normalized spacial score (nSPS) is 11.6. The van der Waals surface area contributed by atoms with Crippen LogP contribution >= 0.6 is 11.3 Å². The maximum Gasteiger partial charge on any atom is 0.262 e. The third-order valence-corrected chi connectivity index (χ3v) is 8.41. The van der Waals surface area contributed by atoms with Gasteiger partial charge in [-0.05, 0) is 48.5 Å². The molecule has 6 aromatic rings. The van der Waals surface area contributed by atoms with E-state index in [4.69, 9.17) is 0 Å². The number of pyridine rings is 2. The fraction of sp³-hybridized carbons (Fsp3) is 0. The minimum absolute atomic E-state index is 0.0833. The summed E-state index contributed by atoms with van der Waals surface area (Å²) in [4.78, 5) is 28.8. The number of sulfonamides is 1. The molecule has 0 aliphatic heterocycles. The Morgan fingerprint density at radius 2 is 1.83 bits per heavy atom. The van der Waals surface area contributed by atoms with Crippen LogP contribution in [0.2, 0.25) is 0 Å². The molecule has 0 spiro atoms. The number of aromatic amines is 1. The molecule has 4 heterocycles. The highest BCUT2D eigenvalue weighted by Crippen LogP contribution is 2.32. The Balaban J connectivity index is 1.36. The van der Waals surface area contributed by atoms with Crippen LogP contribution < -0.4 is 4.72 Å². The maximum absolute atomic E-state index is 15.5. The van der Waals surface area contributed by atoms with Crippen LogP contribution in [0, 0.1) is 17.5 Å². The molecule has 0 saturated carbocycles. The molecule has 41 heavy (non-hydrogen) atoms. The maximum atomic E-state index is 15.5. The number of carbonyl (C=O) groups excluding carboxylic acids is 1. The minimum atomic E-state index is -4.45. The molecule has 0 saturated heterocycles. The molecule has 0 atom stereocenters. The van der Waals surface area contributed by atoms with Gasteiger partial charge in [-0.25, -0.2) is 31.6 Å². The summed E-state index contributed by atoms with van der Waals surface area (Å²) in [6, 6.07) is 11.0. The van der Waals surface area contributed by atoms with Crippen LogP contribution in [0.1, 0.15) is 15.9 Å². The van der Waals surface area contributed by atoms with Crippen molar-refractivity contribution in [2.24, 2.45) is 0 Å². The summed E-state index contributed by atoms with van der Waals surface area (Å²) in [5.41, 5.74) is 0.535. The van der Waals surface area contributed by atoms with Crippen LogP contribution in [0.25, 0.3) is 32.9 Å². The largest absolute Gasteiger partial charge is 0.345 e. The number of halogens is 3. The summed E-state index contributed by atoms with van der Waals surface area (Å²) in [5, 5.41) is 2.82. The van der Waals surface area contributed by atoms with Crippen LogP contribution in [0.5, 0.6) is 0 Å². The monoisotopic (exact) mass is 591 g/mol. The van der Waals surface area contributed by atoms with Gasteiger partial charge in [-0.3, -0.25) is 14.5 Å². The Labute approximate surface area is 234 Å². The molecule has 0 radical (unpaired) electrons. The van der Waals surface area contributed by atoms with Crippen molar-refractivity contribution in [3.63, 3.8) is 0 Å². The summed E-state index contributed by atoms with van der Waals surface area (Å²) in [7, 11) is -4.45. The Bertz CT molecular complexity index is 2060. The van der Waals surface area contributed by atoms with Gasteiger partial charge >= 0.3 is 0 Å².